The van der Waals surface area contributed by atoms with Crippen molar-refractivity contribution in [1.29, 1.82) is 0 Å². The van der Waals surface area contributed by atoms with E-state index in [4.69, 9.17) is 14.2 Å². The van der Waals surface area contributed by atoms with Gasteiger partial charge in [-0.15, -0.1) is 0 Å². The predicted molar refractivity (Wildman–Crippen MR) is 73.9 cm³/mol. The van der Waals surface area contributed by atoms with E-state index in [0.29, 0.717) is 30.6 Å². The van der Waals surface area contributed by atoms with Crippen LogP contribution in [0.2, 0.25) is 0 Å². The van der Waals surface area contributed by atoms with Crippen LogP contribution in [-0.4, -0.2) is 26.4 Å². The van der Waals surface area contributed by atoms with Crippen LogP contribution in [0.5, 0.6) is 11.5 Å². The molecule has 2 atom stereocenters. The van der Waals surface area contributed by atoms with Crippen molar-refractivity contribution in [2.75, 3.05) is 20.3 Å². The number of hydrogen-bond acceptors (Lipinski definition) is 3. The zero-order valence-corrected chi connectivity index (χ0v) is 12.0. The van der Waals surface area contributed by atoms with Crippen molar-refractivity contribution in [2.24, 2.45) is 5.92 Å². The number of rotatable bonds is 5. The van der Waals surface area contributed by atoms with Gasteiger partial charge in [-0.1, -0.05) is 6.07 Å². The molecule has 0 amide bonds. The van der Waals surface area contributed by atoms with E-state index in [1.807, 2.05) is 13.0 Å². The van der Waals surface area contributed by atoms with Crippen LogP contribution in [0.25, 0.3) is 0 Å². The Hall–Kier alpha value is -1.29. The highest BCUT2D eigenvalue weighted by atomic mass is 19.1. The lowest BCUT2D eigenvalue weighted by molar-refractivity contribution is 0.123. The number of benzene rings is 1. The minimum atomic E-state index is -0.384. The fraction of sp³-hybridized carbons (Fsp3) is 0.625. The molecule has 0 aromatic heterocycles. The lowest BCUT2D eigenvalue weighted by Crippen LogP contribution is -2.06. The summed E-state index contributed by atoms with van der Waals surface area (Å²) in [6.45, 7) is 3.26. The van der Waals surface area contributed by atoms with E-state index in [1.54, 1.807) is 6.07 Å². The Morgan fingerprint density at radius 2 is 2.15 bits per heavy atom. The molecule has 1 heterocycles. The summed E-state index contributed by atoms with van der Waals surface area (Å²) >= 11 is 0. The highest BCUT2D eigenvalue weighted by molar-refractivity contribution is 5.45. The minimum Gasteiger partial charge on any atom is -0.493 e. The molecule has 1 saturated heterocycles. The fourth-order valence-corrected chi connectivity index (χ4v) is 2.72. The summed E-state index contributed by atoms with van der Waals surface area (Å²) in [4.78, 5) is 0. The van der Waals surface area contributed by atoms with Crippen molar-refractivity contribution in [3.63, 3.8) is 0 Å². The Bertz CT molecular complexity index is 485. The van der Waals surface area contributed by atoms with Crippen LogP contribution >= 0.6 is 0 Å². The fourth-order valence-electron chi connectivity index (χ4n) is 2.72. The smallest absolute Gasteiger partial charge is 0.207 e. The first-order valence-corrected chi connectivity index (χ1v) is 7.29. The maximum Gasteiger partial charge on any atom is 0.207 e. The molecule has 1 saturated carbocycles. The van der Waals surface area contributed by atoms with Gasteiger partial charge in [0.2, 0.25) is 5.82 Å². The van der Waals surface area contributed by atoms with Gasteiger partial charge in [0.05, 0.1) is 26.4 Å². The Labute approximate surface area is 119 Å². The summed E-state index contributed by atoms with van der Waals surface area (Å²) in [5, 5.41) is 0. The van der Waals surface area contributed by atoms with Crippen molar-refractivity contribution >= 4 is 0 Å². The van der Waals surface area contributed by atoms with E-state index in [2.05, 4.69) is 0 Å². The van der Waals surface area contributed by atoms with Gasteiger partial charge >= 0.3 is 0 Å². The summed E-state index contributed by atoms with van der Waals surface area (Å²) in [6, 6.07) is 3.63. The van der Waals surface area contributed by atoms with Gasteiger partial charge in [-0.3, -0.25) is 0 Å². The Kier molecular flexibility index (Phi) is 3.83. The molecule has 1 aliphatic carbocycles. The molecule has 0 bridgehead atoms. The van der Waals surface area contributed by atoms with Crippen LogP contribution < -0.4 is 9.47 Å². The second-order valence-electron chi connectivity index (χ2n) is 5.83. The summed E-state index contributed by atoms with van der Waals surface area (Å²) in [6.07, 6.45) is 3.50. The van der Waals surface area contributed by atoms with Crippen molar-refractivity contribution in [2.45, 2.75) is 38.2 Å². The number of methoxy groups -OCH3 is 1. The van der Waals surface area contributed by atoms with Crippen molar-refractivity contribution < 1.29 is 18.6 Å². The Morgan fingerprint density at radius 3 is 2.75 bits per heavy atom. The molecular weight excluding hydrogens is 259 g/mol. The standard InChI is InChI=1S/C16H21FO3/c1-10-7-12(9-19-10)13-5-6-14(15(17)16(13)18-2)20-8-11-3-4-11/h5-6,10-12H,3-4,7-9H2,1-2H3. The van der Waals surface area contributed by atoms with Gasteiger partial charge in [-0.25, -0.2) is 0 Å². The molecule has 2 aliphatic rings. The lowest BCUT2D eigenvalue weighted by atomic mass is 9.95. The number of ether oxygens (including phenoxy) is 3. The van der Waals surface area contributed by atoms with Crippen LogP contribution in [0, 0.1) is 11.7 Å². The van der Waals surface area contributed by atoms with Crippen LogP contribution in [0.15, 0.2) is 12.1 Å². The SMILES string of the molecule is COc1c(C2COC(C)C2)ccc(OCC2CC2)c1F. The van der Waals surface area contributed by atoms with Crippen molar-refractivity contribution in [3.05, 3.63) is 23.5 Å². The third kappa shape index (κ3) is 2.75. The molecular formula is C16H21FO3. The Morgan fingerprint density at radius 1 is 1.35 bits per heavy atom. The lowest BCUT2D eigenvalue weighted by Gasteiger charge is -2.16. The third-order valence-corrected chi connectivity index (χ3v) is 4.11. The van der Waals surface area contributed by atoms with E-state index in [-0.39, 0.29) is 17.8 Å². The minimum absolute atomic E-state index is 0.201. The average molecular weight is 280 g/mol. The number of hydrogen-bond donors (Lipinski definition) is 0. The molecule has 1 aliphatic heterocycles. The number of halogens is 1. The summed E-state index contributed by atoms with van der Waals surface area (Å²) in [7, 11) is 1.51. The van der Waals surface area contributed by atoms with Gasteiger partial charge in [0, 0.05) is 11.5 Å². The van der Waals surface area contributed by atoms with Crippen LogP contribution in [0.3, 0.4) is 0 Å². The molecule has 0 spiro atoms. The molecule has 110 valence electrons. The summed E-state index contributed by atoms with van der Waals surface area (Å²) < 4.78 is 30.9. The van der Waals surface area contributed by atoms with Gasteiger partial charge in [-0.2, -0.15) is 4.39 Å². The third-order valence-electron chi connectivity index (χ3n) is 4.11. The second-order valence-corrected chi connectivity index (χ2v) is 5.83. The first-order valence-electron chi connectivity index (χ1n) is 7.29. The zero-order valence-electron chi connectivity index (χ0n) is 12.0. The summed E-state index contributed by atoms with van der Waals surface area (Å²) in [5.41, 5.74) is 0.883. The molecule has 4 heteroatoms. The van der Waals surface area contributed by atoms with Crippen LogP contribution in [-0.2, 0) is 4.74 Å². The van der Waals surface area contributed by atoms with Gasteiger partial charge in [-0.05, 0) is 38.2 Å². The first kappa shape index (κ1) is 13.7. The summed E-state index contributed by atoms with van der Waals surface area (Å²) in [5.74, 6) is 1.02. The maximum absolute atomic E-state index is 14.5. The average Bonchev–Trinajstić information content (AvgIpc) is 3.17. The maximum atomic E-state index is 14.5. The highest BCUT2D eigenvalue weighted by Crippen LogP contribution is 2.40. The monoisotopic (exact) mass is 280 g/mol. The van der Waals surface area contributed by atoms with E-state index in [1.165, 1.54) is 20.0 Å². The predicted octanol–water partition coefficient (Wildman–Crippen LogP) is 3.52. The Balaban J connectivity index is 1.81. The van der Waals surface area contributed by atoms with Crippen LogP contribution in [0.1, 0.15) is 37.7 Å². The zero-order chi connectivity index (χ0) is 14.1. The van der Waals surface area contributed by atoms with E-state index < -0.39 is 0 Å². The molecule has 2 unspecified atom stereocenters. The normalized spacial score (nSPS) is 25.8. The van der Waals surface area contributed by atoms with Gasteiger partial charge in [0.1, 0.15) is 0 Å². The van der Waals surface area contributed by atoms with Gasteiger partial charge in [0.15, 0.2) is 11.5 Å². The highest BCUT2D eigenvalue weighted by Gasteiger charge is 2.29. The molecule has 1 aromatic carbocycles. The molecule has 2 fully saturated rings. The van der Waals surface area contributed by atoms with E-state index in [9.17, 15) is 4.39 Å². The molecule has 20 heavy (non-hydrogen) atoms. The van der Waals surface area contributed by atoms with E-state index >= 15 is 0 Å². The van der Waals surface area contributed by atoms with Gasteiger partial charge < -0.3 is 14.2 Å². The van der Waals surface area contributed by atoms with E-state index in [0.717, 1.165) is 12.0 Å². The molecule has 3 rings (SSSR count). The van der Waals surface area contributed by atoms with Gasteiger partial charge in [0.25, 0.3) is 0 Å². The second kappa shape index (κ2) is 5.60. The van der Waals surface area contributed by atoms with Crippen molar-refractivity contribution in [3.8, 4) is 11.5 Å². The molecule has 0 radical (unpaired) electrons. The largest absolute Gasteiger partial charge is 0.493 e. The first-order chi connectivity index (χ1) is 9.69. The quantitative estimate of drug-likeness (QED) is 0.826. The van der Waals surface area contributed by atoms with Crippen molar-refractivity contribution in [1.82, 2.24) is 0 Å². The molecule has 0 N–H and O–H groups in total. The molecule has 3 nitrogen and oxygen atoms in total. The van der Waals surface area contributed by atoms with Crippen LogP contribution in [0.4, 0.5) is 4.39 Å². The topological polar surface area (TPSA) is 27.7 Å². The molecule has 1 aromatic rings.